The van der Waals surface area contributed by atoms with Crippen LogP contribution in [0.1, 0.15) is 46.5 Å². The number of allylic oxidation sites excluding steroid dienone is 1. The third-order valence-electron chi connectivity index (χ3n) is 4.88. The molecule has 0 aromatic carbocycles. The van der Waals surface area contributed by atoms with Gasteiger partial charge in [-0.15, -0.1) is 0 Å². The third kappa shape index (κ3) is 1.50. The molecule has 1 saturated carbocycles. The van der Waals surface area contributed by atoms with E-state index in [0.29, 0.717) is 5.92 Å². The summed E-state index contributed by atoms with van der Waals surface area (Å²) in [7, 11) is 0. The van der Waals surface area contributed by atoms with Gasteiger partial charge in [0.25, 0.3) is 0 Å². The van der Waals surface area contributed by atoms with E-state index in [1.807, 2.05) is 6.92 Å². The van der Waals surface area contributed by atoms with Crippen LogP contribution in [0.5, 0.6) is 0 Å². The van der Waals surface area contributed by atoms with Crippen LogP contribution in [0.25, 0.3) is 0 Å². The van der Waals surface area contributed by atoms with Crippen LogP contribution < -0.4 is 0 Å². The lowest BCUT2D eigenvalue weighted by Crippen LogP contribution is -2.36. The third-order valence-corrected chi connectivity index (χ3v) is 4.88. The van der Waals surface area contributed by atoms with Crippen LogP contribution in [0.4, 0.5) is 0 Å². The molecule has 17 heavy (non-hydrogen) atoms. The summed E-state index contributed by atoms with van der Waals surface area (Å²) >= 11 is 0. The lowest BCUT2D eigenvalue weighted by atomic mass is 9.61. The van der Waals surface area contributed by atoms with Crippen molar-refractivity contribution in [1.29, 1.82) is 0 Å². The van der Waals surface area contributed by atoms with Gasteiger partial charge in [0.1, 0.15) is 6.10 Å². The van der Waals surface area contributed by atoms with E-state index in [4.69, 9.17) is 4.74 Å². The van der Waals surface area contributed by atoms with Crippen LogP contribution in [0.2, 0.25) is 0 Å². The summed E-state index contributed by atoms with van der Waals surface area (Å²) in [6.07, 6.45) is 7.12. The fourth-order valence-electron chi connectivity index (χ4n) is 3.80. The Hall–Kier alpha value is -1.05. The zero-order valence-electron chi connectivity index (χ0n) is 10.9. The van der Waals surface area contributed by atoms with Gasteiger partial charge in [0.05, 0.1) is 0 Å². The predicted octanol–water partition coefficient (Wildman–Crippen LogP) is 3.38. The molecule has 0 bridgehead atoms. The van der Waals surface area contributed by atoms with Crippen molar-refractivity contribution in [1.82, 2.24) is 0 Å². The van der Waals surface area contributed by atoms with Crippen molar-refractivity contribution >= 4 is 5.97 Å². The fraction of sp³-hybridized carbons (Fsp3) is 0.667. The van der Waals surface area contributed by atoms with Crippen LogP contribution in [0.15, 0.2) is 22.8 Å². The van der Waals surface area contributed by atoms with Gasteiger partial charge in [-0.25, -0.2) is 4.79 Å². The van der Waals surface area contributed by atoms with Crippen LogP contribution in [0.3, 0.4) is 0 Å². The molecule has 0 radical (unpaired) electrons. The van der Waals surface area contributed by atoms with Gasteiger partial charge in [0, 0.05) is 11.1 Å². The molecular formula is C15H20O2. The predicted molar refractivity (Wildman–Crippen MR) is 66.4 cm³/mol. The van der Waals surface area contributed by atoms with E-state index < -0.39 is 0 Å². The first-order valence-corrected chi connectivity index (χ1v) is 6.65. The minimum absolute atomic E-state index is 0.0292. The van der Waals surface area contributed by atoms with E-state index in [0.717, 1.165) is 17.6 Å². The van der Waals surface area contributed by atoms with Gasteiger partial charge in [0.15, 0.2) is 0 Å². The number of carbonyl (C=O) groups excluding carboxylic acids is 1. The van der Waals surface area contributed by atoms with E-state index in [2.05, 4.69) is 19.9 Å². The standard InChI is InChI=1S/C15H20O2/c1-9-5-4-6-15(3)8-13-11(7-12(9)15)10(2)14(16)17-13/h7,9,13H,4-6,8H2,1-3H3. The quantitative estimate of drug-likeness (QED) is 0.598. The zero-order chi connectivity index (χ0) is 12.2. The van der Waals surface area contributed by atoms with Crippen molar-refractivity contribution in [2.24, 2.45) is 11.3 Å². The molecule has 3 atom stereocenters. The monoisotopic (exact) mass is 232 g/mol. The van der Waals surface area contributed by atoms with Crippen molar-refractivity contribution < 1.29 is 9.53 Å². The SMILES string of the molecule is CC1=C2C=C3C(C)CCCC3(C)CC2OC1=O. The molecule has 0 aromatic rings. The van der Waals surface area contributed by atoms with Gasteiger partial charge in [-0.3, -0.25) is 0 Å². The van der Waals surface area contributed by atoms with E-state index in [-0.39, 0.29) is 17.5 Å². The lowest BCUT2D eigenvalue weighted by molar-refractivity contribution is -0.140. The Balaban J connectivity index is 2.08. The summed E-state index contributed by atoms with van der Waals surface area (Å²) in [5.41, 5.74) is 3.78. The number of rotatable bonds is 0. The summed E-state index contributed by atoms with van der Waals surface area (Å²) in [6.45, 7) is 6.55. The second-order valence-corrected chi connectivity index (χ2v) is 6.13. The van der Waals surface area contributed by atoms with E-state index in [9.17, 15) is 4.79 Å². The van der Waals surface area contributed by atoms with Gasteiger partial charge in [-0.2, -0.15) is 0 Å². The molecule has 1 fully saturated rings. The highest BCUT2D eigenvalue weighted by atomic mass is 16.5. The molecule has 0 spiro atoms. The van der Waals surface area contributed by atoms with E-state index in [1.54, 1.807) is 5.57 Å². The van der Waals surface area contributed by atoms with Crippen LogP contribution in [-0.4, -0.2) is 12.1 Å². The first kappa shape index (κ1) is 11.1. The fourth-order valence-corrected chi connectivity index (χ4v) is 3.80. The van der Waals surface area contributed by atoms with Gasteiger partial charge in [-0.1, -0.05) is 31.9 Å². The Bertz CT molecular complexity index is 444. The summed E-state index contributed by atoms with van der Waals surface area (Å²) < 4.78 is 5.47. The maximum Gasteiger partial charge on any atom is 0.334 e. The van der Waals surface area contributed by atoms with Crippen LogP contribution in [0, 0.1) is 11.3 Å². The smallest absolute Gasteiger partial charge is 0.334 e. The minimum Gasteiger partial charge on any atom is -0.454 e. The van der Waals surface area contributed by atoms with Gasteiger partial charge < -0.3 is 4.74 Å². The van der Waals surface area contributed by atoms with Crippen molar-refractivity contribution in [2.75, 3.05) is 0 Å². The summed E-state index contributed by atoms with van der Waals surface area (Å²) in [6, 6.07) is 0. The molecule has 1 aliphatic heterocycles. The molecule has 0 aromatic heterocycles. The Morgan fingerprint density at radius 2 is 2.24 bits per heavy atom. The lowest BCUT2D eigenvalue weighted by Gasteiger charge is -2.44. The molecule has 2 heteroatoms. The van der Waals surface area contributed by atoms with Crippen molar-refractivity contribution in [3.05, 3.63) is 22.8 Å². The molecule has 0 saturated heterocycles. The highest BCUT2D eigenvalue weighted by Gasteiger charge is 2.45. The molecule has 0 N–H and O–H groups in total. The van der Waals surface area contributed by atoms with E-state index >= 15 is 0 Å². The molecule has 2 aliphatic carbocycles. The van der Waals surface area contributed by atoms with Crippen molar-refractivity contribution in [2.45, 2.75) is 52.6 Å². The van der Waals surface area contributed by atoms with Crippen LogP contribution >= 0.6 is 0 Å². The average molecular weight is 232 g/mol. The van der Waals surface area contributed by atoms with Crippen molar-refractivity contribution in [3.8, 4) is 0 Å². The normalized spacial score (nSPS) is 40.6. The number of carbonyl (C=O) groups is 1. The highest BCUT2D eigenvalue weighted by molar-refractivity contribution is 5.92. The molecule has 0 amide bonds. The Morgan fingerprint density at radius 1 is 1.47 bits per heavy atom. The van der Waals surface area contributed by atoms with Crippen molar-refractivity contribution in [3.63, 3.8) is 0 Å². The average Bonchev–Trinajstić information content (AvgIpc) is 2.52. The van der Waals surface area contributed by atoms with Crippen LogP contribution in [-0.2, 0) is 9.53 Å². The summed E-state index contributed by atoms with van der Waals surface area (Å²) in [5, 5.41) is 0. The second kappa shape index (κ2) is 3.47. The molecule has 92 valence electrons. The molecule has 2 nitrogen and oxygen atoms in total. The Labute approximate surface area is 103 Å². The number of hydrogen-bond acceptors (Lipinski definition) is 2. The largest absolute Gasteiger partial charge is 0.454 e. The Kier molecular flexibility index (Phi) is 2.26. The minimum atomic E-state index is -0.114. The maximum atomic E-state index is 11.6. The number of ether oxygens (including phenoxy) is 1. The Morgan fingerprint density at radius 3 is 3.00 bits per heavy atom. The van der Waals surface area contributed by atoms with Gasteiger partial charge in [-0.05, 0) is 37.5 Å². The first-order chi connectivity index (χ1) is 8.01. The highest BCUT2D eigenvalue weighted by Crippen LogP contribution is 2.52. The molecule has 3 unspecified atom stereocenters. The second-order valence-electron chi connectivity index (χ2n) is 6.13. The number of fused-ring (bicyclic) bond motifs is 2. The number of esters is 1. The van der Waals surface area contributed by atoms with Gasteiger partial charge >= 0.3 is 5.97 Å². The molecular weight excluding hydrogens is 212 g/mol. The van der Waals surface area contributed by atoms with Gasteiger partial charge in [0.2, 0.25) is 0 Å². The number of hydrogen-bond donors (Lipinski definition) is 0. The summed E-state index contributed by atoms with van der Waals surface area (Å²) in [5.74, 6) is 0.544. The molecule has 3 aliphatic rings. The molecule has 1 heterocycles. The maximum absolute atomic E-state index is 11.6. The summed E-state index contributed by atoms with van der Waals surface area (Å²) in [4.78, 5) is 11.6. The molecule has 3 rings (SSSR count). The zero-order valence-corrected chi connectivity index (χ0v) is 10.9. The first-order valence-electron chi connectivity index (χ1n) is 6.65. The van der Waals surface area contributed by atoms with E-state index in [1.165, 1.54) is 19.3 Å². The topological polar surface area (TPSA) is 26.3 Å².